The Morgan fingerprint density at radius 1 is 0.739 bits per heavy atom. The Hall–Kier alpha value is -2.73. The fraction of sp³-hybridized carbons (Fsp3) is 0.545. The topological polar surface area (TPSA) is 188 Å². The van der Waals surface area contributed by atoms with Crippen molar-refractivity contribution < 1.29 is 44.0 Å². The number of hydrogen-bond donors (Lipinski definition) is 4. The zero-order valence-corrected chi connectivity index (χ0v) is 12.0. The van der Waals surface area contributed by atoms with Crippen molar-refractivity contribution in [1.82, 2.24) is 9.80 Å². The molecule has 0 aliphatic carbocycles. The molecule has 0 fully saturated rings. The number of rotatable bonds is 11. The van der Waals surface area contributed by atoms with Crippen molar-refractivity contribution in [3.63, 3.8) is 0 Å². The lowest BCUT2D eigenvalue weighted by Gasteiger charge is -2.23. The van der Waals surface area contributed by atoms with Gasteiger partial charge in [-0.05, 0) is 0 Å². The lowest BCUT2D eigenvalue weighted by atomic mass is 10.4. The van der Waals surface area contributed by atoms with Crippen molar-refractivity contribution in [3.05, 3.63) is 0 Å². The number of hydrogen-bond acceptors (Lipinski definition) is 8. The summed E-state index contributed by atoms with van der Waals surface area (Å²) in [5.41, 5.74) is 4.65. The third kappa shape index (κ3) is 11.6. The summed E-state index contributed by atoms with van der Waals surface area (Å²) < 4.78 is 4.06. The molecule has 23 heavy (non-hydrogen) atoms. The summed E-state index contributed by atoms with van der Waals surface area (Å²) in [6.07, 6.45) is -1.34. The summed E-state index contributed by atoms with van der Waals surface area (Å²) in [4.78, 5) is 55.8. The fourth-order valence-corrected chi connectivity index (χ4v) is 1.61. The third-order valence-corrected chi connectivity index (χ3v) is 2.38. The van der Waals surface area contributed by atoms with Crippen molar-refractivity contribution in [2.45, 2.75) is 0 Å². The monoisotopic (exact) mass is 335 g/mol. The highest BCUT2D eigenvalue weighted by molar-refractivity contribution is 5.85. The second-order valence-corrected chi connectivity index (χ2v) is 4.40. The molecule has 1 amide bonds. The summed E-state index contributed by atoms with van der Waals surface area (Å²) in [6, 6.07) is 0. The predicted molar refractivity (Wildman–Crippen MR) is 71.5 cm³/mol. The van der Waals surface area contributed by atoms with E-state index in [2.05, 4.69) is 10.5 Å². The molecule has 12 nitrogen and oxygen atoms in total. The number of carbonyl (C=O) groups excluding carboxylic acids is 2. The summed E-state index contributed by atoms with van der Waals surface area (Å²) in [5.74, 6) is -4.88. The van der Waals surface area contributed by atoms with Gasteiger partial charge in [-0.15, -0.1) is 0 Å². The predicted octanol–water partition coefficient (Wildman–Crippen LogP) is -2.53. The molecule has 0 aliphatic heterocycles. The molecule has 0 spiro atoms. The highest BCUT2D eigenvalue weighted by atomic mass is 16.6. The standard InChI is InChI=1S/C11H17N3O9/c12-11(22)23-10(21)6-14(5-9(19)20)2-1-13(3-7(15)16)4-8(17)18/h1-6H2,(H2,12,22)(H,15,16)(H,17,18)(H,19,20). The summed E-state index contributed by atoms with van der Waals surface area (Å²) >= 11 is 0. The van der Waals surface area contributed by atoms with Crippen LogP contribution in [0.4, 0.5) is 4.79 Å². The molecule has 0 saturated heterocycles. The molecule has 0 rings (SSSR count). The van der Waals surface area contributed by atoms with Crippen LogP contribution in [0.1, 0.15) is 0 Å². The molecule has 0 aromatic rings. The number of aliphatic carboxylic acids is 3. The van der Waals surface area contributed by atoms with Crippen LogP contribution in [0.2, 0.25) is 0 Å². The molecule has 0 aliphatic rings. The average Bonchev–Trinajstić information content (AvgIpc) is 2.32. The van der Waals surface area contributed by atoms with Crippen molar-refractivity contribution in [2.24, 2.45) is 5.73 Å². The van der Waals surface area contributed by atoms with Gasteiger partial charge in [-0.1, -0.05) is 0 Å². The molecule has 0 bridgehead atoms. The van der Waals surface area contributed by atoms with Crippen LogP contribution in [0, 0.1) is 0 Å². The Morgan fingerprint density at radius 2 is 1.09 bits per heavy atom. The van der Waals surface area contributed by atoms with Gasteiger partial charge in [-0.2, -0.15) is 0 Å². The molecule has 5 N–H and O–H groups in total. The maximum Gasteiger partial charge on any atom is 0.412 e. The van der Waals surface area contributed by atoms with Gasteiger partial charge in [0.1, 0.15) is 0 Å². The van der Waals surface area contributed by atoms with E-state index in [9.17, 15) is 24.0 Å². The molecule has 0 saturated carbocycles. The number of nitrogens with zero attached hydrogens (tertiary/aromatic N) is 2. The number of esters is 1. The van der Waals surface area contributed by atoms with Gasteiger partial charge >= 0.3 is 30.0 Å². The van der Waals surface area contributed by atoms with Gasteiger partial charge in [-0.3, -0.25) is 29.0 Å². The number of carboxylic acid groups (broad SMARTS) is 3. The van der Waals surface area contributed by atoms with Crippen LogP contribution in [0.3, 0.4) is 0 Å². The average molecular weight is 335 g/mol. The summed E-state index contributed by atoms with van der Waals surface area (Å²) in [6.45, 7) is -2.58. The number of carbonyl (C=O) groups is 5. The fourth-order valence-electron chi connectivity index (χ4n) is 1.61. The zero-order valence-electron chi connectivity index (χ0n) is 12.0. The first-order chi connectivity index (χ1) is 10.6. The number of ether oxygens (including phenoxy) is 1. The lowest BCUT2D eigenvalue weighted by Crippen LogP contribution is -2.44. The van der Waals surface area contributed by atoms with Crippen LogP contribution >= 0.6 is 0 Å². The molecule has 0 atom stereocenters. The number of amides is 1. The minimum Gasteiger partial charge on any atom is -0.480 e. The van der Waals surface area contributed by atoms with Gasteiger partial charge in [0.2, 0.25) is 0 Å². The maximum atomic E-state index is 11.3. The first-order valence-corrected chi connectivity index (χ1v) is 6.20. The Balaban J connectivity index is 4.68. The zero-order chi connectivity index (χ0) is 18.0. The quantitative estimate of drug-likeness (QED) is 0.230. The smallest absolute Gasteiger partial charge is 0.412 e. The molecule has 0 aromatic carbocycles. The third-order valence-electron chi connectivity index (χ3n) is 2.38. The lowest BCUT2D eigenvalue weighted by molar-refractivity contribution is -0.145. The van der Waals surface area contributed by atoms with E-state index in [-0.39, 0.29) is 13.1 Å². The van der Waals surface area contributed by atoms with E-state index in [1.54, 1.807) is 0 Å². The van der Waals surface area contributed by atoms with Crippen LogP contribution in [0.25, 0.3) is 0 Å². The van der Waals surface area contributed by atoms with Crippen molar-refractivity contribution in [1.29, 1.82) is 0 Å². The second kappa shape index (κ2) is 10.1. The van der Waals surface area contributed by atoms with Crippen LogP contribution in [0.5, 0.6) is 0 Å². The molecule has 0 unspecified atom stereocenters. The summed E-state index contributed by atoms with van der Waals surface area (Å²) in [5, 5.41) is 26.1. The first kappa shape index (κ1) is 20.3. The number of carboxylic acids is 3. The van der Waals surface area contributed by atoms with Gasteiger partial charge in [0.05, 0.1) is 26.2 Å². The van der Waals surface area contributed by atoms with E-state index in [1.165, 1.54) is 0 Å². The normalized spacial score (nSPS) is 10.5. The van der Waals surface area contributed by atoms with Gasteiger partial charge in [-0.25, -0.2) is 4.79 Å². The molecule has 0 radical (unpaired) electrons. The SMILES string of the molecule is NC(=O)OC(=O)CN(CCN(CC(=O)O)CC(=O)O)CC(=O)O. The van der Waals surface area contributed by atoms with Gasteiger partial charge in [0.25, 0.3) is 0 Å². The highest BCUT2D eigenvalue weighted by Gasteiger charge is 2.19. The summed E-state index contributed by atoms with van der Waals surface area (Å²) in [7, 11) is 0. The van der Waals surface area contributed by atoms with E-state index in [0.29, 0.717) is 0 Å². The molecule has 130 valence electrons. The molecular weight excluding hydrogens is 318 g/mol. The largest absolute Gasteiger partial charge is 0.480 e. The van der Waals surface area contributed by atoms with E-state index in [4.69, 9.17) is 15.3 Å². The van der Waals surface area contributed by atoms with Crippen LogP contribution < -0.4 is 5.73 Å². The van der Waals surface area contributed by atoms with E-state index in [1.807, 2.05) is 0 Å². The Labute approximate surface area is 130 Å². The van der Waals surface area contributed by atoms with Crippen molar-refractivity contribution in [3.8, 4) is 0 Å². The van der Waals surface area contributed by atoms with Crippen LogP contribution in [-0.4, -0.2) is 94.4 Å². The van der Waals surface area contributed by atoms with Gasteiger partial charge in [0.15, 0.2) is 0 Å². The van der Waals surface area contributed by atoms with Crippen molar-refractivity contribution in [2.75, 3.05) is 39.3 Å². The minimum absolute atomic E-state index is 0.129. The highest BCUT2D eigenvalue weighted by Crippen LogP contribution is 1.95. The molecule has 12 heteroatoms. The Morgan fingerprint density at radius 3 is 1.39 bits per heavy atom. The minimum atomic E-state index is -1.34. The molecular formula is C11H17N3O9. The van der Waals surface area contributed by atoms with Crippen molar-refractivity contribution >= 4 is 30.0 Å². The van der Waals surface area contributed by atoms with Gasteiger partial charge in [0, 0.05) is 13.1 Å². The van der Waals surface area contributed by atoms with E-state index < -0.39 is 56.1 Å². The maximum absolute atomic E-state index is 11.3. The van der Waals surface area contributed by atoms with Gasteiger partial charge < -0.3 is 25.8 Å². The molecule has 0 aromatic heterocycles. The number of primary amides is 1. The van der Waals surface area contributed by atoms with Crippen LogP contribution in [-0.2, 0) is 23.9 Å². The molecule has 0 heterocycles. The second-order valence-electron chi connectivity index (χ2n) is 4.40. The Kier molecular flexibility index (Phi) is 8.88. The number of nitrogens with two attached hydrogens (primary N) is 1. The van der Waals surface area contributed by atoms with Crippen LogP contribution in [0.15, 0.2) is 0 Å². The Bertz CT molecular complexity index is 463. The van der Waals surface area contributed by atoms with E-state index in [0.717, 1.165) is 9.80 Å². The van der Waals surface area contributed by atoms with E-state index >= 15 is 0 Å². The first-order valence-electron chi connectivity index (χ1n) is 6.20.